The molecule has 0 fully saturated rings. The molecule has 0 amide bonds. The Hall–Kier alpha value is -2.01. The summed E-state index contributed by atoms with van der Waals surface area (Å²) in [7, 11) is 0. The number of benzene rings is 1. The van der Waals surface area contributed by atoms with E-state index in [9.17, 15) is 4.79 Å². The molecular formula is C18H22O2. The molecule has 0 N–H and O–H groups in total. The molecule has 0 aromatic heterocycles. The minimum Gasteiger partial charge on any atom is -0.449 e. The first-order valence-electron chi connectivity index (χ1n) is 7.16. The molecule has 2 heteroatoms. The summed E-state index contributed by atoms with van der Waals surface area (Å²) in [6, 6.07) is 9.43. The highest BCUT2D eigenvalue weighted by molar-refractivity contribution is 5.89. The monoisotopic (exact) mass is 270 g/mol. The molecule has 0 aliphatic rings. The number of esters is 1. The normalized spacial score (nSPS) is 11.7. The number of carbonyl (C=O) groups is 1. The number of hydrogen-bond donors (Lipinski definition) is 0. The summed E-state index contributed by atoms with van der Waals surface area (Å²) < 4.78 is 5.36. The Morgan fingerprint density at radius 1 is 1.30 bits per heavy atom. The summed E-state index contributed by atoms with van der Waals surface area (Å²) in [5.74, 6) is 4.88. The Bertz CT molecular complexity index is 477. The second-order valence-electron chi connectivity index (χ2n) is 4.58. The molecule has 0 saturated carbocycles. The summed E-state index contributed by atoms with van der Waals surface area (Å²) in [5.41, 5.74) is 0.818. The van der Waals surface area contributed by atoms with Gasteiger partial charge in [-0.1, -0.05) is 50.0 Å². The van der Waals surface area contributed by atoms with Crippen LogP contribution < -0.4 is 0 Å². The fraction of sp³-hybridized carbons (Fsp3) is 0.389. The van der Waals surface area contributed by atoms with Gasteiger partial charge in [-0.2, -0.15) is 0 Å². The van der Waals surface area contributed by atoms with Crippen molar-refractivity contribution < 1.29 is 9.53 Å². The first-order valence-corrected chi connectivity index (χ1v) is 7.16. The van der Waals surface area contributed by atoms with E-state index in [1.165, 1.54) is 0 Å². The van der Waals surface area contributed by atoms with Crippen molar-refractivity contribution in [3.8, 4) is 11.8 Å². The second kappa shape index (κ2) is 9.86. The highest BCUT2D eigenvalue weighted by Gasteiger charge is 2.08. The maximum atomic E-state index is 11.7. The van der Waals surface area contributed by atoms with E-state index < -0.39 is 5.97 Å². The molecule has 0 radical (unpaired) electrons. The molecule has 0 bridgehead atoms. The van der Waals surface area contributed by atoms with Crippen molar-refractivity contribution in [1.82, 2.24) is 0 Å². The van der Waals surface area contributed by atoms with Crippen LogP contribution in [0.3, 0.4) is 0 Å². The molecule has 1 aromatic rings. The maximum absolute atomic E-state index is 11.7. The molecule has 20 heavy (non-hydrogen) atoms. The molecule has 1 atom stereocenters. The van der Waals surface area contributed by atoms with Gasteiger partial charge < -0.3 is 4.74 Å². The first kappa shape index (κ1) is 16.0. The predicted molar refractivity (Wildman–Crippen MR) is 82.2 cm³/mol. The van der Waals surface area contributed by atoms with Gasteiger partial charge in [-0.15, -0.1) is 0 Å². The SMILES string of the molecule is C/C=C/C(CCCCC)OC(=O)C#Cc1ccccc1. The molecule has 0 saturated heterocycles. The summed E-state index contributed by atoms with van der Waals surface area (Å²) in [5, 5.41) is 0. The molecule has 0 heterocycles. The van der Waals surface area contributed by atoms with Crippen molar-refractivity contribution >= 4 is 5.97 Å². The third-order valence-electron chi connectivity index (χ3n) is 2.84. The van der Waals surface area contributed by atoms with Crippen molar-refractivity contribution in [2.24, 2.45) is 0 Å². The highest BCUT2D eigenvalue weighted by Crippen LogP contribution is 2.08. The van der Waals surface area contributed by atoms with E-state index in [-0.39, 0.29) is 6.10 Å². The van der Waals surface area contributed by atoms with Crippen LogP contribution in [0, 0.1) is 11.8 Å². The average Bonchev–Trinajstić information content (AvgIpc) is 2.47. The number of allylic oxidation sites excluding steroid dienone is 1. The van der Waals surface area contributed by atoms with Gasteiger partial charge in [0, 0.05) is 11.5 Å². The lowest BCUT2D eigenvalue weighted by Crippen LogP contribution is -2.14. The quantitative estimate of drug-likeness (QED) is 0.336. The van der Waals surface area contributed by atoms with Crippen LogP contribution in [0.25, 0.3) is 0 Å². The van der Waals surface area contributed by atoms with Gasteiger partial charge in [-0.25, -0.2) is 4.79 Å². The summed E-state index contributed by atoms with van der Waals surface area (Å²) in [6.07, 6.45) is 7.89. The Labute approximate surface area is 121 Å². The van der Waals surface area contributed by atoms with Gasteiger partial charge in [0.2, 0.25) is 0 Å². The fourth-order valence-electron chi connectivity index (χ4n) is 1.82. The highest BCUT2D eigenvalue weighted by atomic mass is 16.5. The summed E-state index contributed by atoms with van der Waals surface area (Å²) in [4.78, 5) is 11.7. The van der Waals surface area contributed by atoms with Gasteiger partial charge in [-0.3, -0.25) is 0 Å². The number of hydrogen-bond acceptors (Lipinski definition) is 2. The maximum Gasteiger partial charge on any atom is 0.385 e. The molecule has 1 rings (SSSR count). The Balaban J connectivity index is 2.51. The second-order valence-corrected chi connectivity index (χ2v) is 4.58. The van der Waals surface area contributed by atoms with Crippen molar-refractivity contribution in [2.45, 2.75) is 45.6 Å². The van der Waals surface area contributed by atoms with Crippen molar-refractivity contribution in [3.05, 3.63) is 48.0 Å². The van der Waals surface area contributed by atoms with Gasteiger partial charge in [0.15, 0.2) is 0 Å². The Kier molecular flexibility index (Phi) is 7.91. The van der Waals surface area contributed by atoms with Crippen LogP contribution in [0.4, 0.5) is 0 Å². The van der Waals surface area contributed by atoms with Crippen LogP contribution in [-0.2, 0) is 9.53 Å². The fourth-order valence-corrected chi connectivity index (χ4v) is 1.82. The van der Waals surface area contributed by atoms with Gasteiger partial charge >= 0.3 is 5.97 Å². The molecular weight excluding hydrogens is 248 g/mol. The minimum absolute atomic E-state index is 0.163. The van der Waals surface area contributed by atoms with Crippen LogP contribution in [0.5, 0.6) is 0 Å². The van der Waals surface area contributed by atoms with Crippen molar-refractivity contribution in [1.29, 1.82) is 0 Å². The third kappa shape index (κ3) is 6.80. The molecule has 106 valence electrons. The number of unbranched alkanes of at least 4 members (excludes halogenated alkanes) is 2. The lowest BCUT2D eigenvalue weighted by Gasteiger charge is -2.11. The lowest BCUT2D eigenvalue weighted by molar-refractivity contribution is -0.140. The number of ether oxygens (including phenoxy) is 1. The van der Waals surface area contributed by atoms with Crippen LogP contribution in [0.1, 0.15) is 45.1 Å². The van der Waals surface area contributed by atoms with E-state index >= 15 is 0 Å². The molecule has 0 aliphatic heterocycles. The molecule has 1 unspecified atom stereocenters. The van der Waals surface area contributed by atoms with E-state index in [0.29, 0.717) is 0 Å². The zero-order chi connectivity index (χ0) is 14.6. The van der Waals surface area contributed by atoms with E-state index in [2.05, 4.69) is 18.8 Å². The minimum atomic E-state index is -0.464. The van der Waals surface area contributed by atoms with Crippen LogP contribution in [0.2, 0.25) is 0 Å². The van der Waals surface area contributed by atoms with Crippen LogP contribution >= 0.6 is 0 Å². The van der Waals surface area contributed by atoms with E-state index in [1.807, 2.05) is 49.4 Å². The molecule has 2 nitrogen and oxygen atoms in total. The third-order valence-corrected chi connectivity index (χ3v) is 2.84. The molecule has 1 aromatic carbocycles. The van der Waals surface area contributed by atoms with Crippen molar-refractivity contribution in [2.75, 3.05) is 0 Å². The Morgan fingerprint density at radius 2 is 2.05 bits per heavy atom. The number of carbonyl (C=O) groups excluding carboxylic acids is 1. The van der Waals surface area contributed by atoms with E-state index in [1.54, 1.807) is 0 Å². The van der Waals surface area contributed by atoms with Gasteiger partial charge in [0.25, 0.3) is 0 Å². The predicted octanol–water partition coefficient (Wildman–Crippen LogP) is 4.11. The largest absolute Gasteiger partial charge is 0.449 e. The zero-order valence-electron chi connectivity index (χ0n) is 12.3. The van der Waals surface area contributed by atoms with Gasteiger partial charge in [-0.05, 0) is 38.0 Å². The van der Waals surface area contributed by atoms with E-state index in [0.717, 1.165) is 31.2 Å². The van der Waals surface area contributed by atoms with Crippen LogP contribution in [0.15, 0.2) is 42.5 Å². The van der Waals surface area contributed by atoms with Gasteiger partial charge in [0.1, 0.15) is 6.10 Å². The summed E-state index contributed by atoms with van der Waals surface area (Å²) in [6.45, 7) is 4.08. The van der Waals surface area contributed by atoms with Crippen LogP contribution in [-0.4, -0.2) is 12.1 Å². The molecule has 0 spiro atoms. The van der Waals surface area contributed by atoms with Crippen molar-refractivity contribution in [3.63, 3.8) is 0 Å². The lowest BCUT2D eigenvalue weighted by atomic mass is 10.1. The standard InChI is InChI=1S/C18H22O2/c1-3-5-7-13-17(10-4-2)20-18(19)15-14-16-11-8-6-9-12-16/h4,6,8-12,17H,3,5,7,13H2,1-2H3/b10-4+. The smallest absolute Gasteiger partial charge is 0.385 e. The zero-order valence-corrected chi connectivity index (χ0v) is 12.3. The first-order chi connectivity index (χ1) is 9.76. The molecule has 0 aliphatic carbocycles. The number of rotatable bonds is 6. The van der Waals surface area contributed by atoms with E-state index in [4.69, 9.17) is 4.74 Å². The average molecular weight is 270 g/mol. The topological polar surface area (TPSA) is 26.3 Å². The van der Waals surface area contributed by atoms with Gasteiger partial charge in [0.05, 0.1) is 0 Å². The Morgan fingerprint density at radius 3 is 2.70 bits per heavy atom. The summed E-state index contributed by atoms with van der Waals surface area (Å²) >= 11 is 0.